The van der Waals surface area contributed by atoms with Crippen molar-refractivity contribution in [2.45, 2.75) is 65.0 Å². The van der Waals surface area contributed by atoms with Gasteiger partial charge in [0.15, 0.2) is 0 Å². The van der Waals surface area contributed by atoms with Crippen molar-refractivity contribution >= 4 is 5.91 Å². The molecule has 0 aromatic heterocycles. The van der Waals surface area contributed by atoms with Crippen LogP contribution in [-0.2, 0) is 9.53 Å². The van der Waals surface area contributed by atoms with E-state index in [0.717, 1.165) is 64.6 Å². The number of carbonyl (C=O) groups excluding carboxylic acids is 1. The van der Waals surface area contributed by atoms with E-state index in [1.165, 1.54) is 12.8 Å². The third-order valence-electron chi connectivity index (χ3n) is 5.64. The second-order valence-corrected chi connectivity index (χ2v) is 7.55. The smallest absolute Gasteiger partial charge is 0.234 e. The Kier molecular flexibility index (Phi) is 8.50. The normalized spacial score (nSPS) is 29.5. The zero-order valence-corrected chi connectivity index (χ0v) is 15.9. The fourth-order valence-corrected chi connectivity index (χ4v) is 3.99. The first-order chi connectivity index (χ1) is 11.6. The molecule has 0 spiro atoms. The molecule has 1 aliphatic heterocycles. The average Bonchev–Trinajstić information content (AvgIpc) is 2.58. The number of rotatable bonds is 8. The van der Waals surface area contributed by atoms with Gasteiger partial charge in [0.1, 0.15) is 0 Å². The van der Waals surface area contributed by atoms with Crippen molar-refractivity contribution in [2.75, 3.05) is 45.9 Å². The number of hydrogen-bond acceptors (Lipinski definition) is 4. The monoisotopic (exact) mass is 339 g/mol. The standard InChI is InChI=1S/C19H37N3O2/c1-4-18-14-21(10-11-22(18)12-13-24-5-2)15-19(23)20-17-8-6-16(3)7-9-17/h16-18H,4-15H2,1-3H3,(H,20,23)/t16?,17?,18-/m0/s1. The summed E-state index contributed by atoms with van der Waals surface area (Å²) in [4.78, 5) is 17.2. The fourth-order valence-electron chi connectivity index (χ4n) is 3.99. The first kappa shape index (κ1) is 19.7. The highest BCUT2D eigenvalue weighted by atomic mass is 16.5. The molecule has 5 nitrogen and oxygen atoms in total. The maximum atomic E-state index is 12.4. The lowest BCUT2D eigenvalue weighted by atomic mass is 9.87. The van der Waals surface area contributed by atoms with E-state index in [-0.39, 0.29) is 5.91 Å². The van der Waals surface area contributed by atoms with Crippen molar-refractivity contribution < 1.29 is 9.53 Å². The van der Waals surface area contributed by atoms with E-state index < -0.39 is 0 Å². The summed E-state index contributed by atoms with van der Waals surface area (Å²) in [6.45, 7) is 12.8. The van der Waals surface area contributed by atoms with E-state index in [1.54, 1.807) is 0 Å². The van der Waals surface area contributed by atoms with Gasteiger partial charge in [0.25, 0.3) is 0 Å². The molecule has 2 fully saturated rings. The van der Waals surface area contributed by atoms with Crippen LogP contribution in [0.5, 0.6) is 0 Å². The van der Waals surface area contributed by atoms with Gasteiger partial charge in [0, 0.05) is 44.9 Å². The summed E-state index contributed by atoms with van der Waals surface area (Å²) in [6.07, 6.45) is 5.93. The van der Waals surface area contributed by atoms with E-state index in [9.17, 15) is 4.79 Å². The Balaban J connectivity index is 1.70. The number of nitrogens with zero attached hydrogens (tertiary/aromatic N) is 2. The number of nitrogens with one attached hydrogen (secondary N) is 1. The third-order valence-corrected chi connectivity index (χ3v) is 5.64. The van der Waals surface area contributed by atoms with Crippen LogP contribution in [0.1, 0.15) is 52.9 Å². The van der Waals surface area contributed by atoms with Crippen molar-refractivity contribution in [3.8, 4) is 0 Å². The molecular weight excluding hydrogens is 302 g/mol. The van der Waals surface area contributed by atoms with E-state index in [1.807, 2.05) is 6.92 Å². The molecular formula is C19H37N3O2. The molecule has 1 atom stereocenters. The van der Waals surface area contributed by atoms with Crippen LogP contribution in [0.25, 0.3) is 0 Å². The molecule has 1 saturated carbocycles. The van der Waals surface area contributed by atoms with Crippen LogP contribution < -0.4 is 5.32 Å². The van der Waals surface area contributed by atoms with E-state index >= 15 is 0 Å². The quantitative estimate of drug-likeness (QED) is 0.688. The molecule has 0 bridgehead atoms. The average molecular weight is 340 g/mol. The summed E-state index contributed by atoms with van der Waals surface area (Å²) >= 11 is 0. The number of hydrogen-bond donors (Lipinski definition) is 1. The minimum absolute atomic E-state index is 0.215. The summed E-state index contributed by atoms with van der Waals surface area (Å²) in [5, 5.41) is 3.26. The Morgan fingerprint density at radius 3 is 2.58 bits per heavy atom. The first-order valence-electron chi connectivity index (χ1n) is 9.95. The second-order valence-electron chi connectivity index (χ2n) is 7.55. The third kappa shape index (κ3) is 6.34. The van der Waals surface area contributed by atoms with Gasteiger partial charge in [-0.3, -0.25) is 14.6 Å². The molecule has 2 rings (SSSR count). The molecule has 5 heteroatoms. The van der Waals surface area contributed by atoms with Gasteiger partial charge >= 0.3 is 0 Å². The van der Waals surface area contributed by atoms with E-state index in [2.05, 4.69) is 29.0 Å². The Hall–Kier alpha value is -0.650. The molecule has 0 aromatic rings. The molecule has 140 valence electrons. The maximum Gasteiger partial charge on any atom is 0.234 e. The van der Waals surface area contributed by atoms with Crippen LogP contribution in [0.4, 0.5) is 0 Å². The Bertz CT molecular complexity index is 370. The Labute approximate surface area is 148 Å². The van der Waals surface area contributed by atoms with E-state index in [0.29, 0.717) is 18.6 Å². The molecule has 0 aromatic carbocycles. The second kappa shape index (κ2) is 10.4. The zero-order valence-electron chi connectivity index (χ0n) is 15.9. The van der Waals surface area contributed by atoms with Crippen LogP contribution in [-0.4, -0.2) is 73.7 Å². The molecule has 24 heavy (non-hydrogen) atoms. The van der Waals surface area contributed by atoms with Crippen LogP contribution in [0, 0.1) is 5.92 Å². The van der Waals surface area contributed by atoms with Gasteiger partial charge in [0.05, 0.1) is 13.2 Å². The largest absolute Gasteiger partial charge is 0.380 e. The fraction of sp³-hybridized carbons (Fsp3) is 0.947. The van der Waals surface area contributed by atoms with Gasteiger partial charge in [-0.1, -0.05) is 13.8 Å². The SMILES string of the molecule is CCOCCN1CCN(CC(=O)NC2CCC(C)CC2)C[C@@H]1CC. The number of ether oxygens (including phenoxy) is 1. The van der Waals surface area contributed by atoms with Crippen LogP contribution in [0.3, 0.4) is 0 Å². The van der Waals surface area contributed by atoms with Crippen LogP contribution in [0.15, 0.2) is 0 Å². The summed E-state index contributed by atoms with van der Waals surface area (Å²) < 4.78 is 5.49. The van der Waals surface area contributed by atoms with Gasteiger partial charge in [-0.2, -0.15) is 0 Å². The molecule has 0 radical (unpaired) electrons. The van der Waals surface area contributed by atoms with Gasteiger partial charge < -0.3 is 10.1 Å². The highest BCUT2D eigenvalue weighted by Crippen LogP contribution is 2.23. The van der Waals surface area contributed by atoms with Gasteiger partial charge in [-0.05, 0) is 44.9 Å². The minimum atomic E-state index is 0.215. The zero-order chi connectivity index (χ0) is 17.4. The molecule has 1 amide bonds. The lowest BCUT2D eigenvalue weighted by Gasteiger charge is -2.41. The highest BCUT2D eigenvalue weighted by molar-refractivity contribution is 5.78. The van der Waals surface area contributed by atoms with E-state index in [4.69, 9.17) is 4.74 Å². The molecule has 1 heterocycles. The predicted octanol–water partition coefficient (Wildman–Crippen LogP) is 2.11. The number of amides is 1. The summed E-state index contributed by atoms with van der Waals surface area (Å²) in [5.41, 5.74) is 0. The van der Waals surface area contributed by atoms with Crippen molar-refractivity contribution in [3.05, 3.63) is 0 Å². The lowest BCUT2D eigenvalue weighted by Crippen LogP contribution is -2.55. The number of piperazine rings is 1. The number of carbonyl (C=O) groups is 1. The Morgan fingerprint density at radius 1 is 1.17 bits per heavy atom. The van der Waals surface area contributed by atoms with Crippen molar-refractivity contribution in [2.24, 2.45) is 5.92 Å². The minimum Gasteiger partial charge on any atom is -0.380 e. The molecule has 1 saturated heterocycles. The van der Waals surface area contributed by atoms with Crippen molar-refractivity contribution in [3.63, 3.8) is 0 Å². The van der Waals surface area contributed by atoms with Crippen molar-refractivity contribution in [1.29, 1.82) is 0 Å². The van der Waals surface area contributed by atoms with Crippen LogP contribution in [0.2, 0.25) is 0 Å². The maximum absolute atomic E-state index is 12.4. The molecule has 2 aliphatic rings. The highest BCUT2D eigenvalue weighted by Gasteiger charge is 2.27. The summed E-state index contributed by atoms with van der Waals surface area (Å²) in [7, 11) is 0. The first-order valence-corrected chi connectivity index (χ1v) is 9.95. The topological polar surface area (TPSA) is 44.8 Å². The van der Waals surface area contributed by atoms with Gasteiger partial charge in [-0.15, -0.1) is 0 Å². The Morgan fingerprint density at radius 2 is 1.92 bits per heavy atom. The molecule has 0 unspecified atom stereocenters. The van der Waals surface area contributed by atoms with Gasteiger partial charge in [0.2, 0.25) is 5.91 Å². The summed E-state index contributed by atoms with van der Waals surface area (Å²) in [6, 6.07) is 0.950. The molecule has 1 aliphatic carbocycles. The summed E-state index contributed by atoms with van der Waals surface area (Å²) in [5.74, 6) is 1.04. The molecule has 1 N–H and O–H groups in total. The van der Waals surface area contributed by atoms with Crippen LogP contribution >= 0.6 is 0 Å². The van der Waals surface area contributed by atoms with Crippen molar-refractivity contribution in [1.82, 2.24) is 15.1 Å². The lowest BCUT2D eigenvalue weighted by molar-refractivity contribution is -0.124. The predicted molar refractivity (Wildman–Crippen MR) is 98.1 cm³/mol. The van der Waals surface area contributed by atoms with Gasteiger partial charge in [-0.25, -0.2) is 0 Å².